The molecule has 3 aromatic rings. The van der Waals surface area contributed by atoms with E-state index < -0.39 is 40.5 Å². The van der Waals surface area contributed by atoms with E-state index in [-0.39, 0.29) is 42.2 Å². The maximum absolute atomic E-state index is 13.4. The third-order valence-corrected chi connectivity index (χ3v) is 13.2. The number of imide groups is 2. The number of carbonyl (C=O) groups is 5. The number of halogens is 1. The van der Waals surface area contributed by atoms with Gasteiger partial charge in [0.2, 0.25) is 11.8 Å². The van der Waals surface area contributed by atoms with E-state index in [1.807, 2.05) is 12.1 Å². The molecular weight excluding hydrogens is 774 g/mol. The highest BCUT2D eigenvalue weighted by atomic mass is 35.5. The Kier molecular flexibility index (Phi) is 10.6. The normalized spacial score (nSPS) is 24.3. The average Bonchev–Trinajstić information content (AvgIpc) is 3.47. The largest absolute Gasteiger partial charge is 0.489 e. The number of ether oxygens (including phenoxy) is 1. The van der Waals surface area contributed by atoms with Crippen molar-refractivity contribution in [3.05, 3.63) is 75.9 Å². The number of rotatable bonds is 9. The number of hydrogen-bond donors (Lipinski definition) is 2. The highest BCUT2D eigenvalue weighted by Crippen LogP contribution is 2.55. The van der Waals surface area contributed by atoms with Crippen LogP contribution < -0.4 is 25.2 Å². The molecule has 2 aromatic carbocycles. The highest BCUT2D eigenvalue weighted by Gasteiger charge is 2.64. The van der Waals surface area contributed by atoms with Crippen molar-refractivity contribution in [1.29, 1.82) is 5.26 Å². The molecule has 16 heteroatoms. The number of aromatic nitrogens is 2. The summed E-state index contributed by atoms with van der Waals surface area (Å²) in [4.78, 5) is 71.9. The zero-order valence-electron chi connectivity index (χ0n) is 33.7. The maximum atomic E-state index is 13.4. The Labute approximate surface area is 348 Å². The minimum Gasteiger partial charge on any atom is -0.489 e. The van der Waals surface area contributed by atoms with Crippen molar-refractivity contribution in [3.8, 4) is 11.8 Å². The Hall–Kier alpha value is -5.59. The summed E-state index contributed by atoms with van der Waals surface area (Å²) in [5.74, 6) is -0.447. The zero-order valence-corrected chi connectivity index (χ0v) is 34.4. The van der Waals surface area contributed by atoms with Crippen LogP contribution in [-0.4, -0.2) is 114 Å². The molecule has 59 heavy (non-hydrogen) atoms. The molecule has 0 bridgehead atoms. The number of benzene rings is 2. The second kappa shape index (κ2) is 15.5. The third kappa shape index (κ3) is 7.48. The van der Waals surface area contributed by atoms with Crippen molar-refractivity contribution in [2.75, 3.05) is 55.6 Å². The van der Waals surface area contributed by atoms with Gasteiger partial charge < -0.3 is 19.9 Å². The van der Waals surface area contributed by atoms with Crippen LogP contribution in [0.1, 0.15) is 90.1 Å². The number of piperidine rings is 2. The zero-order chi connectivity index (χ0) is 41.8. The van der Waals surface area contributed by atoms with Crippen LogP contribution in [0.5, 0.6) is 5.75 Å². The molecule has 1 saturated carbocycles. The average molecular weight is 822 g/mol. The number of nitrogens with zero attached hydrogens (tertiary/aromatic N) is 7. The van der Waals surface area contributed by atoms with Gasteiger partial charge >= 0.3 is 0 Å². The second-order valence-corrected chi connectivity index (χ2v) is 17.9. The fourth-order valence-corrected chi connectivity index (χ4v) is 10.2. The third-order valence-electron chi connectivity index (χ3n) is 12.9. The number of amides is 5. The van der Waals surface area contributed by atoms with Gasteiger partial charge in [0, 0.05) is 80.9 Å². The number of nitriles is 1. The monoisotopic (exact) mass is 821 g/mol. The van der Waals surface area contributed by atoms with Crippen molar-refractivity contribution < 1.29 is 28.7 Å². The molecule has 4 fully saturated rings. The first-order valence-electron chi connectivity index (χ1n) is 20.2. The van der Waals surface area contributed by atoms with Gasteiger partial charge in [-0.2, -0.15) is 5.26 Å². The Morgan fingerprint density at radius 1 is 0.881 bits per heavy atom. The van der Waals surface area contributed by atoms with E-state index in [1.165, 1.54) is 0 Å². The fourth-order valence-electron chi connectivity index (χ4n) is 9.97. The first-order valence-corrected chi connectivity index (χ1v) is 20.6. The lowest BCUT2D eigenvalue weighted by Gasteiger charge is -2.63. The Morgan fingerprint density at radius 3 is 2.24 bits per heavy atom. The minimum absolute atomic E-state index is 0.0861. The van der Waals surface area contributed by atoms with Gasteiger partial charge in [0.25, 0.3) is 17.7 Å². The van der Waals surface area contributed by atoms with Crippen LogP contribution in [0.25, 0.3) is 0 Å². The van der Waals surface area contributed by atoms with Gasteiger partial charge in [-0.05, 0) is 67.6 Å². The summed E-state index contributed by atoms with van der Waals surface area (Å²) in [5, 5.41) is 23.7. The molecule has 15 nitrogen and oxygen atoms in total. The van der Waals surface area contributed by atoms with E-state index in [1.54, 1.807) is 36.4 Å². The molecule has 4 aliphatic heterocycles. The number of fused-ring (bicyclic) bond motifs is 1. The van der Waals surface area contributed by atoms with Gasteiger partial charge in [-0.15, -0.1) is 10.2 Å². The highest BCUT2D eigenvalue weighted by molar-refractivity contribution is 6.31. The molecule has 1 atom stereocenters. The summed E-state index contributed by atoms with van der Waals surface area (Å²) < 4.78 is 6.35. The number of piperazine rings is 1. The van der Waals surface area contributed by atoms with Crippen molar-refractivity contribution in [3.63, 3.8) is 0 Å². The summed E-state index contributed by atoms with van der Waals surface area (Å²) >= 11 is 6.24. The molecular formula is C43H48ClN9O6. The van der Waals surface area contributed by atoms with Crippen molar-refractivity contribution in [2.24, 2.45) is 16.7 Å². The van der Waals surface area contributed by atoms with Crippen molar-refractivity contribution in [2.45, 2.75) is 71.6 Å². The van der Waals surface area contributed by atoms with Gasteiger partial charge in [0.1, 0.15) is 24.0 Å². The Balaban J connectivity index is 0.789. The molecule has 1 unspecified atom stereocenters. The topological polar surface area (TPSA) is 181 Å². The SMILES string of the molecule is CC1(C)C(NC(=O)c2ccc(N3CCN(CC4CCN(c5ccc6c(c5)C(=O)N(C5CCC(=O)NC5=O)C6=O)CC4)CC3)nn2)C(C)(C)C1Oc1ccc(C#N)c(Cl)c1. The number of hydrogen-bond acceptors (Lipinski definition) is 12. The van der Waals surface area contributed by atoms with Crippen LogP contribution in [0.2, 0.25) is 5.02 Å². The summed E-state index contributed by atoms with van der Waals surface area (Å²) in [6.45, 7) is 14.3. The molecule has 0 spiro atoms. The lowest BCUT2D eigenvalue weighted by Crippen LogP contribution is -2.74. The lowest BCUT2D eigenvalue weighted by molar-refractivity contribution is -0.164. The first-order chi connectivity index (χ1) is 28.1. The number of anilines is 2. The molecule has 0 radical (unpaired) electrons. The maximum Gasteiger partial charge on any atom is 0.272 e. The number of carbonyl (C=O) groups excluding carboxylic acids is 5. The van der Waals surface area contributed by atoms with E-state index in [0.717, 1.165) is 75.1 Å². The van der Waals surface area contributed by atoms with Gasteiger partial charge in [-0.1, -0.05) is 39.3 Å². The predicted octanol–water partition coefficient (Wildman–Crippen LogP) is 4.05. The second-order valence-electron chi connectivity index (χ2n) is 17.5. The van der Waals surface area contributed by atoms with Crippen LogP contribution in [0.15, 0.2) is 48.5 Å². The lowest BCUT2D eigenvalue weighted by atomic mass is 9.49. The van der Waals surface area contributed by atoms with Crippen LogP contribution in [-0.2, 0) is 9.59 Å². The van der Waals surface area contributed by atoms with E-state index in [0.29, 0.717) is 27.8 Å². The van der Waals surface area contributed by atoms with Crippen LogP contribution in [0.4, 0.5) is 11.5 Å². The van der Waals surface area contributed by atoms with E-state index in [9.17, 15) is 29.2 Å². The van der Waals surface area contributed by atoms with E-state index in [4.69, 9.17) is 16.3 Å². The van der Waals surface area contributed by atoms with Gasteiger partial charge in [-0.3, -0.25) is 39.1 Å². The van der Waals surface area contributed by atoms with Crippen LogP contribution in [0, 0.1) is 28.1 Å². The standard InChI is InChI=1S/C43H48ClN9O6/c1-42(2)40(43(3,4)41(42)59-28-7-5-26(23-45)31(44)22-28)47-36(55)32-9-11-34(49-48-32)52-19-17-50(18-20-52)24-25-13-15-51(16-14-25)27-6-8-29-30(21-27)39(58)53(38(29)57)33-10-12-35(54)46-37(33)56/h5-9,11,21-22,25,33,40-41H,10,12-20,24H2,1-4H3,(H,47,55)(H,46,54,56). The van der Waals surface area contributed by atoms with E-state index >= 15 is 0 Å². The van der Waals surface area contributed by atoms with Crippen molar-refractivity contribution in [1.82, 2.24) is 30.6 Å². The molecule has 5 amide bonds. The van der Waals surface area contributed by atoms with Gasteiger partial charge in [0.15, 0.2) is 11.5 Å². The summed E-state index contributed by atoms with van der Waals surface area (Å²) in [7, 11) is 0. The molecule has 3 saturated heterocycles. The minimum atomic E-state index is -0.979. The summed E-state index contributed by atoms with van der Waals surface area (Å²) in [6.07, 6.45) is 1.99. The summed E-state index contributed by atoms with van der Waals surface area (Å²) in [5.41, 5.74) is 1.31. The Morgan fingerprint density at radius 2 is 1.59 bits per heavy atom. The van der Waals surface area contributed by atoms with Crippen LogP contribution in [0.3, 0.4) is 0 Å². The smallest absolute Gasteiger partial charge is 0.272 e. The Bertz CT molecular complexity index is 2230. The van der Waals surface area contributed by atoms with Gasteiger partial charge in [-0.25, -0.2) is 0 Å². The summed E-state index contributed by atoms with van der Waals surface area (Å²) in [6, 6.07) is 14.8. The predicted molar refractivity (Wildman–Crippen MR) is 218 cm³/mol. The van der Waals surface area contributed by atoms with E-state index in [2.05, 4.69) is 69.3 Å². The molecule has 5 aliphatic rings. The first kappa shape index (κ1) is 40.2. The number of nitrogens with one attached hydrogen (secondary N) is 2. The molecule has 5 heterocycles. The van der Waals surface area contributed by atoms with Gasteiger partial charge in [0.05, 0.1) is 21.7 Å². The van der Waals surface area contributed by atoms with Crippen molar-refractivity contribution >= 4 is 52.6 Å². The van der Waals surface area contributed by atoms with Crippen LogP contribution >= 0.6 is 11.6 Å². The molecule has 8 rings (SSSR count). The molecule has 1 aliphatic carbocycles. The quantitative estimate of drug-likeness (QED) is 0.296. The molecule has 2 N–H and O–H groups in total. The fraction of sp³-hybridized carbons (Fsp3) is 0.488. The molecule has 308 valence electrons. The molecule has 1 aromatic heterocycles.